The number of rotatable bonds is 4. The maximum atomic E-state index is 6.25. The first-order valence-electron chi connectivity index (χ1n) is 9.93. The predicted octanol–water partition coefficient (Wildman–Crippen LogP) is 4.75. The van der Waals surface area contributed by atoms with Gasteiger partial charge < -0.3 is 4.74 Å². The van der Waals surface area contributed by atoms with Gasteiger partial charge in [0.2, 0.25) is 0 Å². The van der Waals surface area contributed by atoms with Crippen LogP contribution in [0.15, 0.2) is 0 Å². The average molecular weight is 290 g/mol. The molecule has 3 rings (SSSR count). The van der Waals surface area contributed by atoms with Gasteiger partial charge >= 0.3 is 0 Å². The Labute approximate surface area is 133 Å². The van der Waals surface area contributed by atoms with Gasteiger partial charge in [-0.3, -0.25) is 0 Å². The lowest BCUT2D eigenvalue weighted by Gasteiger charge is -2.36. The Morgan fingerprint density at radius 3 is 1.95 bits per heavy atom. The fourth-order valence-corrected chi connectivity index (χ4v) is 5.10. The van der Waals surface area contributed by atoms with E-state index in [-0.39, 0.29) is 0 Å². The van der Waals surface area contributed by atoms with E-state index in [1.807, 2.05) is 0 Å². The lowest BCUT2D eigenvalue weighted by molar-refractivity contribution is -0.00456. The Bertz CT molecular complexity index is 284. The molecular formula is C19H35BO. The van der Waals surface area contributed by atoms with Crippen molar-refractivity contribution in [2.45, 2.75) is 95.4 Å². The van der Waals surface area contributed by atoms with E-state index < -0.39 is 0 Å². The summed E-state index contributed by atoms with van der Waals surface area (Å²) in [6.45, 7) is 1.07. The third-order valence-corrected chi connectivity index (χ3v) is 6.74. The third-order valence-electron chi connectivity index (χ3n) is 6.74. The Hall–Kier alpha value is 0.0249. The topological polar surface area (TPSA) is 9.23 Å². The molecule has 2 heteroatoms. The summed E-state index contributed by atoms with van der Waals surface area (Å²) in [5.41, 5.74) is 0. The highest BCUT2D eigenvalue weighted by Gasteiger charge is 2.29. The van der Waals surface area contributed by atoms with Crippen molar-refractivity contribution in [1.29, 1.82) is 0 Å². The molecule has 3 aliphatic carbocycles. The summed E-state index contributed by atoms with van der Waals surface area (Å²) in [6.07, 6.45) is 19.5. The molecule has 1 nitrogen and oxygen atoms in total. The van der Waals surface area contributed by atoms with E-state index >= 15 is 0 Å². The zero-order valence-corrected chi connectivity index (χ0v) is 14.2. The molecule has 0 aliphatic heterocycles. The molecule has 0 N–H and O–H groups in total. The Balaban J connectivity index is 1.32. The smallest absolute Gasteiger partial charge is 0.105 e. The molecule has 3 aliphatic rings. The maximum Gasteiger partial charge on any atom is 0.105 e. The van der Waals surface area contributed by atoms with Crippen molar-refractivity contribution in [3.05, 3.63) is 0 Å². The highest BCUT2D eigenvalue weighted by Crippen LogP contribution is 2.40. The molecule has 0 atom stereocenters. The van der Waals surface area contributed by atoms with Gasteiger partial charge in [0.15, 0.2) is 0 Å². The molecule has 0 saturated heterocycles. The van der Waals surface area contributed by atoms with Crippen LogP contribution in [-0.2, 0) is 4.74 Å². The Morgan fingerprint density at radius 1 is 0.667 bits per heavy atom. The van der Waals surface area contributed by atoms with Crippen LogP contribution in [0.25, 0.3) is 0 Å². The summed E-state index contributed by atoms with van der Waals surface area (Å²) in [6, 6.07) is 0. The van der Waals surface area contributed by atoms with Gasteiger partial charge in [-0.05, 0) is 56.3 Å². The molecule has 0 radical (unpaired) electrons. The zero-order chi connectivity index (χ0) is 14.5. The second kappa shape index (κ2) is 8.04. The van der Waals surface area contributed by atoms with Crippen LogP contribution >= 0.6 is 0 Å². The second-order valence-corrected chi connectivity index (χ2v) is 8.39. The third kappa shape index (κ3) is 4.75. The molecule has 21 heavy (non-hydrogen) atoms. The van der Waals surface area contributed by atoms with E-state index in [4.69, 9.17) is 4.74 Å². The van der Waals surface area contributed by atoms with Crippen LogP contribution in [0.5, 0.6) is 0 Å². The first-order valence-corrected chi connectivity index (χ1v) is 9.93. The largest absolute Gasteiger partial charge is 0.378 e. The van der Waals surface area contributed by atoms with Crippen LogP contribution in [0.2, 0.25) is 5.82 Å². The molecule has 0 bridgehead atoms. The summed E-state index contributed by atoms with van der Waals surface area (Å²) in [7, 11) is 2.39. The standard InChI is InChI=1S/C19H35BO/c20-18-10-12-19(13-11-18)21-14-15-6-8-17(9-7-15)16-4-2-1-3-5-16/h15-19H,1-14,20H2. The fraction of sp³-hybridized carbons (Fsp3) is 1.00. The molecule has 3 fully saturated rings. The Kier molecular flexibility index (Phi) is 6.09. The molecule has 0 aromatic rings. The lowest BCUT2D eigenvalue weighted by Crippen LogP contribution is -2.27. The van der Waals surface area contributed by atoms with E-state index in [1.54, 1.807) is 0 Å². The van der Waals surface area contributed by atoms with E-state index in [1.165, 1.54) is 83.5 Å². The molecule has 0 aromatic carbocycles. The van der Waals surface area contributed by atoms with Crippen LogP contribution in [0.3, 0.4) is 0 Å². The number of ether oxygens (including phenoxy) is 1. The van der Waals surface area contributed by atoms with Crippen LogP contribution in [0, 0.1) is 17.8 Å². The Morgan fingerprint density at radius 2 is 1.29 bits per heavy atom. The second-order valence-electron chi connectivity index (χ2n) is 8.39. The molecule has 0 amide bonds. The highest BCUT2D eigenvalue weighted by molar-refractivity contribution is 6.11. The predicted molar refractivity (Wildman–Crippen MR) is 92.5 cm³/mol. The number of hydrogen-bond acceptors (Lipinski definition) is 1. The molecule has 3 saturated carbocycles. The summed E-state index contributed by atoms with van der Waals surface area (Å²) >= 11 is 0. The van der Waals surface area contributed by atoms with E-state index in [0.717, 1.165) is 30.2 Å². The quantitative estimate of drug-likeness (QED) is 0.679. The summed E-state index contributed by atoms with van der Waals surface area (Å²) < 4.78 is 6.25. The van der Waals surface area contributed by atoms with Crippen LogP contribution in [-0.4, -0.2) is 20.6 Å². The molecule has 0 aromatic heterocycles. The monoisotopic (exact) mass is 290 g/mol. The van der Waals surface area contributed by atoms with Gasteiger partial charge in [-0.25, -0.2) is 0 Å². The molecule has 0 unspecified atom stereocenters. The van der Waals surface area contributed by atoms with Crippen LogP contribution in [0.1, 0.15) is 83.5 Å². The number of hydrogen-bond donors (Lipinski definition) is 0. The molecular weight excluding hydrogens is 255 g/mol. The lowest BCUT2D eigenvalue weighted by atomic mass is 9.71. The van der Waals surface area contributed by atoms with E-state index in [2.05, 4.69) is 7.85 Å². The first kappa shape index (κ1) is 15.9. The molecule has 0 spiro atoms. The van der Waals surface area contributed by atoms with Crippen molar-refractivity contribution in [2.75, 3.05) is 6.61 Å². The summed E-state index contributed by atoms with van der Waals surface area (Å²) in [5.74, 6) is 3.97. The molecule has 0 heterocycles. The minimum Gasteiger partial charge on any atom is -0.378 e. The summed E-state index contributed by atoms with van der Waals surface area (Å²) in [5, 5.41) is 0. The van der Waals surface area contributed by atoms with Gasteiger partial charge in [0.05, 0.1) is 6.10 Å². The van der Waals surface area contributed by atoms with Crippen molar-refractivity contribution < 1.29 is 4.74 Å². The molecule has 120 valence electrons. The summed E-state index contributed by atoms with van der Waals surface area (Å²) in [4.78, 5) is 0. The minimum absolute atomic E-state index is 0.595. The zero-order valence-electron chi connectivity index (χ0n) is 14.2. The van der Waals surface area contributed by atoms with Crippen molar-refractivity contribution in [3.63, 3.8) is 0 Å². The van der Waals surface area contributed by atoms with Crippen molar-refractivity contribution in [3.8, 4) is 0 Å². The van der Waals surface area contributed by atoms with Crippen LogP contribution < -0.4 is 0 Å². The van der Waals surface area contributed by atoms with Gasteiger partial charge in [-0.2, -0.15) is 0 Å². The van der Waals surface area contributed by atoms with Crippen molar-refractivity contribution in [1.82, 2.24) is 0 Å². The van der Waals surface area contributed by atoms with Gasteiger partial charge in [0, 0.05) is 6.61 Å². The van der Waals surface area contributed by atoms with E-state index in [0.29, 0.717) is 6.10 Å². The van der Waals surface area contributed by atoms with Gasteiger partial charge in [-0.15, -0.1) is 0 Å². The van der Waals surface area contributed by atoms with Crippen molar-refractivity contribution in [2.24, 2.45) is 17.8 Å². The highest BCUT2D eigenvalue weighted by atomic mass is 16.5. The maximum absolute atomic E-state index is 6.25. The van der Waals surface area contributed by atoms with Crippen molar-refractivity contribution >= 4 is 7.85 Å². The van der Waals surface area contributed by atoms with Gasteiger partial charge in [0.25, 0.3) is 0 Å². The minimum atomic E-state index is 0.595. The first-order chi connectivity index (χ1) is 10.3. The average Bonchev–Trinajstić information content (AvgIpc) is 2.56. The van der Waals surface area contributed by atoms with E-state index in [9.17, 15) is 0 Å². The SMILES string of the molecule is BC1CCC(OCC2CCC(C3CCCCC3)CC2)CC1. The normalized spacial score (nSPS) is 39.2. The fourth-order valence-electron chi connectivity index (χ4n) is 5.10. The van der Waals surface area contributed by atoms with Gasteiger partial charge in [-0.1, -0.05) is 50.8 Å². The van der Waals surface area contributed by atoms with Gasteiger partial charge in [0.1, 0.15) is 7.85 Å². The van der Waals surface area contributed by atoms with Crippen LogP contribution in [0.4, 0.5) is 0 Å².